The predicted octanol–water partition coefficient (Wildman–Crippen LogP) is 4.51. The van der Waals surface area contributed by atoms with Gasteiger partial charge in [-0.15, -0.1) is 13.2 Å². The predicted molar refractivity (Wildman–Crippen MR) is 67.8 cm³/mol. The molecule has 0 aliphatic carbocycles. The molecule has 0 fully saturated rings. The van der Waals surface area contributed by atoms with E-state index in [0.29, 0.717) is 0 Å². The van der Waals surface area contributed by atoms with Crippen LogP contribution in [0.5, 0.6) is 0 Å². The quantitative estimate of drug-likeness (QED) is 0.421. The topological polar surface area (TPSA) is 12.4 Å². The van der Waals surface area contributed by atoms with Crippen molar-refractivity contribution in [3.63, 3.8) is 0 Å². The lowest BCUT2D eigenvalue weighted by Crippen LogP contribution is -1.79. The SMILES string of the molecule is C/C=C\C(C)=NC.C=C.CC.CC. The summed E-state index contributed by atoms with van der Waals surface area (Å²) in [6.45, 7) is 18.0. The summed E-state index contributed by atoms with van der Waals surface area (Å²) in [6.07, 6.45) is 3.95. The molecule has 0 aromatic carbocycles. The third-order valence-corrected chi connectivity index (χ3v) is 0.761. The zero-order valence-corrected chi connectivity index (χ0v) is 10.5. The Morgan fingerprint density at radius 2 is 1.38 bits per heavy atom. The van der Waals surface area contributed by atoms with Crippen molar-refractivity contribution in [3.8, 4) is 0 Å². The Morgan fingerprint density at radius 3 is 1.46 bits per heavy atom. The van der Waals surface area contributed by atoms with Crippen molar-refractivity contribution in [3.05, 3.63) is 25.3 Å². The van der Waals surface area contributed by atoms with E-state index in [1.165, 1.54) is 0 Å². The summed E-state index contributed by atoms with van der Waals surface area (Å²) in [5.41, 5.74) is 1.07. The first kappa shape index (κ1) is 22.7. The number of nitrogens with zero attached hydrogens (tertiary/aromatic N) is 1. The van der Waals surface area contributed by atoms with Gasteiger partial charge in [0.1, 0.15) is 0 Å². The van der Waals surface area contributed by atoms with E-state index in [9.17, 15) is 0 Å². The van der Waals surface area contributed by atoms with Gasteiger partial charge in [-0.05, 0) is 19.9 Å². The van der Waals surface area contributed by atoms with Crippen molar-refractivity contribution in [2.45, 2.75) is 41.5 Å². The second-order valence-electron chi connectivity index (χ2n) is 1.36. The highest BCUT2D eigenvalue weighted by atomic mass is 14.7. The van der Waals surface area contributed by atoms with Crippen LogP contribution in [0.4, 0.5) is 0 Å². The lowest BCUT2D eigenvalue weighted by molar-refractivity contribution is 1.43. The molecule has 0 aliphatic rings. The van der Waals surface area contributed by atoms with Crippen LogP contribution in [0.15, 0.2) is 30.3 Å². The molecule has 0 saturated carbocycles. The molecule has 1 nitrogen and oxygen atoms in total. The molecule has 0 N–H and O–H groups in total. The fourth-order valence-electron chi connectivity index (χ4n) is 0.316. The summed E-state index contributed by atoms with van der Waals surface area (Å²) in [7, 11) is 1.79. The van der Waals surface area contributed by atoms with Crippen molar-refractivity contribution < 1.29 is 0 Å². The lowest BCUT2D eigenvalue weighted by Gasteiger charge is -1.80. The summed E-state index contributed by atoms with van der Waals surface area (Å²) >= 11 is 0. The molecular weight excluding hydrogens is 158 g/mol. The molecule has 0 unspecified atom stereocenters. The van der Waals surface area contributed by atoms with E-state index in [1.807, 2.05) is 53.7 Å². The number of allylic oxidation sites excluding steroid dienone is 2. The van der Waals surface area contributed by atoms with Gasteiger partial charge in [-0.1, -0.05) is 33.8 Å². The van der Waals surface area contributed by atoms with Crippen molar-refractivity contribution in [1.29, 1.82) is 0 Å². The van der Waals surface area contributed by atoms with Crippen molar-refractivity contribution >= 4 is 5.71 Å². The summed E-state index contributed by atoms with van der Waals surface area (Å²) < 4.78 is 0. The molecule has 0 spiro atoms. The second kappa shape index (κ2) is 43.3. The lowest BCUT2D eigenvalue weighted by atomic mass is 10.4. The van der Waals surface area contributed by atoms with Gasteiger partial charge in [0.05, 0.1) is 0 Å². The number of hydrogen-bond donors (Lipinski definition) is 0. The van der Waals surface area contributed by atoms with E-state index in [-0.39, 0.29) is 0 Å². The number of aliphatic imine (C=N–C) groups is 1. The first-order valence-corrected chi connectivity index (χ1v) is 4.87. The number of rotatable bonds is 1. The Kier molecular flexibility index (Phi) is 75.8. The molecule has 0 aliphatic heterocycles. The Bertz CT molecular complexity index is 102. The molecule has 0 bridgehead atoms. The molecule has 0 aromatic rings. The van der Waals surface area contributed by atoms with Crippen molar-refractivity contribution in [2.24, 2.45) is 4.99 Å². The molecule has 0 saturated heterocycles. The molecule has 13 heavy (non-hydrogen) atoms. The monoisotopic (exact) mass is 185 g/mol. The fourth-order valence-corrected chi connectivity index (χ4v) is 0.316. The smallest absolute Gasteiger partial charge is 0.0310 e. The van der Waals surface area contributed by atoms with E-state index >= 15 is 0 Å². The van der Waals surface area contributed by atoms with Gasteiger partial charge in [-0.3, -0.25) is 4.99 Å². The van der Waals surface area contributed by atoms with Gasteiger partial charge in [0.25, 0.3) is 0 Å². The zero-order chi connectivity index (χ0) is 11.7. The summed E-state index contributed by atoms with van der Waals surface area (Å²) in [5, 5.41) is 0. The Labute approximate surface area is 85.3 Å². The molecule has 0 atom stereocenters. The fraction of sp³-hybridized carbons (Fsp3) is 0.583. The summed E-state index contributed by atoms with van der Waals surface area (Å²) in [6, 6.07) is 0. The van der Waals surface area contributed by atoms with E-state index in [4.69, 9.17) is 0 Å². The van der Waals surface area contributed by atoms with E-state index < -0.39 is 0 Å². The van der Waals surface area contributed by atoms with Crippen molar-refractivity contribution in [1.82, 2.24) is 0 Å². The van der Waals surface area contributed by atoms with Crippen molar-refractivity contribution in [2.75, 3.05) is 7.05 Å². The van der Waals surface area contributed by atoms with E-state index in [1.54, 1.807) is 7.05 Å². The Balaban J connectivity index is -0.0000000573. The average molecular weight is 185 g/mol. The minimum Gasteiger partial charge on any atom is -0.293 e. The molecular formula is C12H27N. The number of hydrogen-bond acceptors (Lipinski definition) is 1. The molecule has 80 valence electrons. The van der Waals surface area contributed by atoms with Gasteiger partial charge >= 0.3 is 0 Å². The first-order valence-electron chi connectivity index (χ1n) is 4.87. The first-order chi connectivity index (χ1) is 6.31. The van der Waals surface area contributed by atoms with Crippen LogP contribution < -0.4 is 0 Å². The van der Waals surface area contributed by atoms with Gasteiger partial charge in [-0.25, -0.2) is 0 Å². The molecule has 0 radical (unpaired) electrons. The van der Waals surface area contributed by atoms with Crippen LogP contribution in [0.1, 0.15) is 41.5 Å². The van der Waals surface area contributed by atoms with Gasteiger partial charge in [0, 0.05) is 12.8 Å². The van der Waals surface area contributed by atoms with Crippen LogP contribution in [0.25, 0.3) is 0 Å². The normalized spacial score (nSPS) is 8.38. The van der Waals surface area contributed by atoms with Crippen LogP contribution in [0, 0.1) is 0 Å². The Morgan fingerprint density at radius 1 is 1.08 bits per heavy atom. The minimum atomic E-state index is 1.07. The van der Waals surface area contributed by atoms with Gasteiger partial charge in [-0.2, -0.15) is 0 Å². The van der Waals surface area contributed by atoms with Gasteiger partial charge in [0.15, 0.2) is 0 Å². The standard InChI is InChI=1S/C6H11N.2C2H6.C2H4/c1-4-5-6(2)7-3;3*1-2/h4-5H,1-3H3;2*1-2H3;1-2H2/b5-4-,7-6?;;;. The maximum atomic E-state index is 3.91. The molecule has 0 amide bonds. The zero-order valence-electron chi connectivity index (χ0n) is 10.5. The third kappa shape index (κ3) is 54.2. The largest absolute Gasteiger partial charge is 0.293 e. The average Bonchev–Trinajstić information content (AvgIpc) is 2.27. The molecule has 1 heteroatoms. The molecule has 0 heterocycles. The summed E-state index contributed by atoms with van der Waals surface area (Å²) in [4.78, 5) is 3.91. The second-order valence-corrected chi connectivity index (χ2v) is 1.36. The van der Waals surface area contributed by atoms with Crippen LogP contribution in [-0.2, 0) is 0 Å². The minimum absolute atomic E-state index is 1.07. The highest BCUT2D eigenvalue weighted by molar-refractivity contribution is 5.92. The molecule has 0 aromatic heterocycles. The third-order valence-electron chi connectivity index (χ3n) is 0.761. The van der Waals surface area contributed by atoms with E-state index in [2.05, 4.69) is 18.2 Å². The van der Waals surface area contributed by atoms with E-state index in [0.717, 1.165) is 5.71 Å². The Hall–Kier alpha value is -0.850. The maximum Gasteiger partial charge on any atom is 0.0310 e. The van der Waals surface area contributed by atoms with Crippen LogP contribution >= 0.6 is 0 Å². The van der Waals surface area contributed by atoms with Gasteiger partial charge in [0.2, 0.25) is 0 Å². The van der Waals surface area contributed by atoms with Crippen LogP contribution in [0.3, 0.4) is 0 Å². The highest BCUT2D eigenvalue weighted by Crippen LogP contribution is 1.75. The maximum absolute atomic E-state index is 3.91. The highest BCUT2D eigenvalue weighted by Gasteiger charge is 1.71. The molecule has 0 rings (SSSR count). The van der Waals surface area contributed by atoms with Crippen LogP contribution in [0.2, 0.25) is 0 Å². The van der Waals surface area contributed by atoms with Gasteiger partial charge < -0.3 is 0 Å². The summed E-state index contributed by atoms with van der Waals surface area (Å²) in [5.74, 6) is 0. The van der Waals surface area contributed by atoms with Crippen LogP contribution in [-0.4, -0.2) is 12.8 Å².